The molecule has 7 nitrogen and oxygen atoms in total. The van der Waals surface area contributed by atoms with Crippen molar-refractivity contribution in [2.75, 3.05) is 23.3 Å². The lowest BCUT2D eigenvalue weighted by Gasteiger charge is -2.34. The van der Waals surface area contributed by atoms with Gasteiger partial charge in [-0.15, -0.1) is 0 Å². The summed E-state index contributed by atoms with van der Waals surface area (Å²) in [5, 5.41) is 12.1. The fourth-order valence-corrected chi connectivity index (χ4v) is 4.68. The number of rotatable bonds is 7. The molecule has 2 fully saturated rings. The van der Waals surface area contributed by atoms with Crippen LogP contribution in [0.3, 0.4) is 0 Å². The van der Waals surface area contributed by atoms with Gasteiger partial charge in [0.2, 0.25) is 0 Å². The number of Topliss-reactive ketones (excluding diaryl/α,β-unsaturated/α-hetero) is 1. The molecule has 0 unspecified atom stereocenters. The molecular formula is C22H25ClN6O. The Morgan fingerprint density at radius 2 is 2.20 bits per heavy atom. The van der Waals surface area contributed by atoms with Crippen LogP contribution in [0.15, 0.2) is 36.8 Å². The quantitative estimate of drug-likeness (QED) is 0.594. The zero-order valence-electron chi connectivity index (χ0n) is 16.7. The van der Waals surface area contributed by atoms with E-state index in [1.807, 2.05) is 24.3 Å². The Morgan fingerprint density at radius 3 is 3.03 bits per heavy atom. The maximum atomic E-state index is 13.2. The maximum absolute atomic E-state index is 13.2. The Hall–Kier alpha value is -2.67. The van der Waals surface area contributed by atoms with Gasteiger partial charge < -0.3 is 10.2 Å². The Kier molecular flexibility index (Phi) is 5.29. The molecule has 1 aliphatic heterocycles. The van der Waals surface area contributed by atoms with Gasteiger partial charge in [-0.3, -0.25) is 9.89 Å². The number of H-pyrrole nitrogens is 1. The summed E-state index contributed by atoms with van der Waals surface area (Å²) in [7, 11) is 0. The van der Waals surface area contributed by atoms with Gasteiger partial charge in [-0.2, -0.15) is 5.10 Å². The van der Waals surface area contributed by atoms with Crippen LogP contribution in [0.1, 0.15) is 32.1 Å². The van der Waals surface area contributed by atoms with Crippen molar-refractivity contribution in [3.05, 3.63) is 41.8 Å². The number of benzene rings is 1. The van der Waals surface area contributed by atoms with Gasteiger partial charge in [-0.25, -0.2) is 9.97 Å². The van der Waals surface area contributed by atoms with E-state index in [9.17, 15) is 4.79 Å². The molecule has 3 aromatic rings. The monoisotopic (exact) mass is 424 g/mol. The van der Waals surface area contributed by atoms with Crippen LogP contribution >= 0.6 is 11.6 Å². The summed E-state index contributed by atoms with van der Waals surface area (Å²) in [6.45, 7) is 1.77. The van der Waals surface area contributed by atoms with Gasteiger partial charge >= 0.3 is 0 Å². The molecule has 1 saturated carbocycles. The Morgan fingerprint density at radius 1 is 1.30 bits per heavy atom. The lowest BCUT2D eigenvalue weighted by molar-refractivity contribution is -0.121. The summed E-state index contributed by atoms with van der Waals surface area (Å²) < 4.78 is 0. The number of aromatic amines is 1. The van der Waals surface area contributed by atoms with Crippen molar-refractivity contribution in [1.29, 1.82) is 0 Å². The van der Waals surface area contributed by atoms with Crippen molar-refractivity contribution >= 4 is 39.9 Å². The number of hydrogen-bond donors (Lipinski definition) is 2. The van der Waals surface area contributed by atoms with Gasteiger partial charge in [0.15, 0.2) is 11.4 Å². The first-order chi connectivity index (χ1) is 14.7. The van der Waals surface area contributed by atoms with Gasteiger partial charge in [0.1, 0.15) is 12.1 Å². The van der Waals surface area contributed by atoms with E-state index in [4.69, 9.17) is 11.6 Å². The number of piperidine rings is 1. The standard InChI is InChI=1S/C22H25ClN6O/c23-16-4-1-5-17(10-16)27-20(15-6-7-15)19(30)9-14-3-2-8-29(12-14)22-18-11-26-28-21(18)24-13-25-22/h1,4-5,10-11,13-15,20,27H,2-3,6-9,12H2,(H,24,25,26,28)/t14-,20+/m0/s1. The van der Waals surface area contributed by atoms with Crippen molar-refractivity contribution in [2.24, 2.45) is 11.8 Å². The first-order valence-corrected chi connectivity index (χ1v) is 11.0. The highest BCUT2D eigenvalue weighted by Gasteiger charge is 2.37. The lowest BCUT2D eigenvalue weighted by Crippen LogP contribution is -2.39. The van der Waals surface area contributed by atoms with Crippen LogP contribution in [0.25, 0.3) is 11.0 Å². The molecule has 0 radical (unpaired) electrons. The predicted molar refractivity (Wildman–Crippen MR) is 118 cm³/mol. The minimum Gasteiger partial charge on any atom is -0.375 e. The number of fused-ring (bicyclic) bond motifs is 1. The summed E-state index contributed by atoms with van der Waals surface area (Å²) >= 11 is 6.12. The first kappa shape index (κ1) is 19.3. The molecule has 2 aromatic heterocycles. The number of carbonyl (C=O) groups excluding carboxylic acids is 1. The summed E-state index contributed by atoms with van der Waals surface area (Å²) in [4.78, 5) is 24.2. The van der Waals surface area contributed by atoms with Crippen LogP contribution in [-0.4, -0.2) is 45.1 Å². The van der Waals surface area contributed by atoms with E-state index < -0.39 is 0 Å². The van der Waals surface area contributed by atoms with Crippen molar-refractivity contribution < 1.29 is 4.79 Å². The van der Waals surface area contributed by atoms with E-state index >= 15 is 0 Å². The molecule has 156 valence electrons. The zero-order chi connectivity index (χ0) is 20.5. The van der Waals surface area contributed by atoms with Gasteiger partial charge in [-0.1, -0.05) is 17.7 Å². The van der Waals surface area contributed by atoms with E-state index in [1.54, 1.807) is 12.5 Å². The highest BCUT2D eigenvalue weighted by Crippen LogP contribution is 2.37. The van der Waals surface area contributed by atoms with Gasteiger partial charge in [-0.05, 0) is 55.7 Å². The smallest absolute Gasteiger partial charge is 0.160 e. The Labute approximate surface area is 180 Å². The van der Waals surface area contributed by atoms with Crippen molar-refractivity contribution in [2.45, 2.75) is 38.1 Å². The van der Waals surface area contributed by atoms with Crippen LogP contribution < -0.4 is 10.2 Å². The minimum atomic E-state index is -0.126. The summed E-state index contributed by atoms with van der Waals surface area (Å²) in [5.41, 5.74) is 1.67. The summed E-state index contributed by atoms with van der Waals surface area (Å²) in [6, 6.07) is 7.50. The average molecular weight is 425 g/mol. The van der Waals surface area contributed by atoms with Crippen molar-refractivity contribution in [3.8, 4) is 0 Å². The highest BCUT2D eigenvalue weighted by atomic mass is 35.5. The number of ketones is 1. The molecule has 30 heavy (non-hydrogen) atoms. The van der Waals surface area contributed by atoms with Crippen LogP contribution in [0, 0.1) is 11.8 Å². The molecule has 2 aliphatic rings. The van der Waals surface area contributed by atoms with E-state index in [-0.39, 0.29) is 6.04 Å². The number of nitrogens with one attached hydrogen (secondary N) is 2. The number of anilines is 2. The number of aromatic nitrogens is 4. The van der Waals surface area contributed by atoms with Gasteiger partial charge in [0.25, 0.3) is 0 Å². The van der Waals surface area contributed by atoms with Crippen molar-refractivity contribution in [1.82, 2.24) is 20.2 Å². The summed E-state index contributed by atoms with van der Waals surface area (Å²) in [5.74, 6) is 1.97. The third-order valence-corrected chi connectivity index (χ3v) is 6.36. The predicted octanol–water partition coefficient (Wildman–Crippen LogP) is 4.07. The largest absolute Gasteiger partial charge is 0.375 e. The Bertz CT molecular complexity index is 1050. The first-order valence-electron chi connectivity index (χ1n) is 10.6. The highest BCUT2D eigenvalue weighted by molar-refractivity contribution is 6.30. The fraction of sp³-hybridized carbons (Fsp3) is 0.455. The molecule has 8 heteroatoms. The molecule has 1 aromatic carbocycles. The normalized spacial score (nSPS) is 20.3. The van der Waals surface area contributed by atoms with Gasteiger partial charge in [0.05, 0.1) is 17.6 Å². The number of carbonyl (C=O) groups is 1. The second-order valence-electron chi connectivity index (χ2n) is 8.42. The van der Waals surface area contributed by atoms with E-state index in [1.165, 1.54) is 0 Å². The topological polar surface area (TPSA) is 86.8 Å². The molecular weight excluding hydrogens is 400 g/mol. The van der Waals surface area contributed by atoms with E-state index in [2.05, 4.69) is 30.4 Å². The number of nitrogens with zero attached hydrogens (tertiary/aromatic N) is 4. The van der Waals surface area contributed by atoms with Gasteiger partial charge in [0, 0.05) is 30.2 Å². The summed E-state index contributed by atoms with van der Waals surface area (Å²) in [6.07, 6.45) is 8.28. The molecule has 2 atom stereocenters. The molecule has 0 amide bonds. The van der Waals surface area contributed by atoms with Crippen LogP contribution in [0.5, 0.6) is 0 Å². The number of halogens is 1. The van der Waals surface area contributed by atoms with Crippen molar-refractivity contribution in [3.63, 3.8) is 0 Å². The third-order valence-electron chi connectivity index (χ3n) is 6.12. The minimum absolute atomic E-state index is 0.126. The van der Waals surface area contributed by atoms with E-state index in [0.29, 0.717) is 29.1 Å². The Balaban J connectivity index is 1.27. The van der Waals surface area contributed by atoms with Crippen LogP contribution in [-0.2, 0) is 4.79 Å². The second kappa shape index (κ2) is 8.22. The molecule has 1 saturated heterocycles. The maximum Gasteiger partial charge on any atom is 0.160 e. The molecule has 0 bridgehead atoms. The third kappa shape index (κ3) is 4.12. The SMILES string of the molecule is O=C(C[C@@H]1CCCN(c2ncnc3[nH]ncc23)C1)[C@H](Nc1cccc(Cl)c1)C1CC1. The molecule has 1 aliphatic carbocycles. The van der Waals surface area contributed by atoms with Crippen LogP contribution in [0.4, 0.5) is 11.5 Å². The number of hydrogen-bond acceptors (Lipinski definition) is 6. The average Bonchev–Trinajstić information content (AvgIpc) is 3.47. The van der Waals surface area contributed by atoms with E-state index in [0.717, 1.165) is 61.3 Å². The molecule has 2 N–H and O–H groups in total. The lowest BCUT2D eigenvalue weighted by atomic mass is 9.89. The molecule has 3 heterocycles. The fourth-order valence-electron chi connectivity index (χ4n) is 4.49. The molecule has 0 spiro atoms. The zero-order valence-corrected chi connectivity index (χ0v) is 17.5. The van der Waals surface area contributed by atoms with Crippen LogP contribution in [0.2, 0.25) is 5.02 Å². The molecule has 5 rings (SSSR count). The second-order valence-corrected chi connectivity index (χ2v) is 8.86.